The van der Waals surface area contributed by atoms with Crippen molar-refractivity contribution >= 4 is 5.69 Å². The molecule has 104 valence electrons. The Bertz CT molecular complexity index is 425. The molecule has 1 heterocycles. The Labute approximate surface area is 117 Å². The fourth-order valence-electron chi connectivity index (χ4n) is 4.25. The van der Waals surface area contributed by atoms with Gasteiger partial charge in [-0.2, -0.15) is 0 Å². The van der Waals surface area contributed by atoms with Crippen LogP contribution in [-0.2, 0) is 6.42 Å². The minimum atomic E-state index is 0.698. The van der Waals surface area contributed by atoms with E-state index in [1.807, 2.05) is 0 Å². The van der Waals surface area contributed by atoms with Gasteiger partial charge in [-0.3, -0.25) is 0 Å². The number of hydrogen-bond acceptors (Lipinski definition) is 1. The molecule has 0 amide bonds. The molecule has 1 N–H and O–H groups in total. The van der Waals surface area contributed by atoms with Crippen LogP contribution in [0.2, 0.25) is 0 Å². The summed E-state index contributed by atoms with van der Waals surface area (Å²) in [6.45, 7) is 4.79. The smallest absolute Gasteiger partial charge is 0.0375 e. The second-order valence-electron chi connectivity index (χ2n) is 6.71. The van der Waals surface area contributed by atoms with Gasteiger partial charge in [0.05, 0.1) is 0 Å². The van der Waals surface area contributed by atoms with E-state index in [1.54, 1.807) is 0 Å². The van der Waals surface area contributed by atoms with Crippen LogP contribution < -0.4 is 5.32 Å². The first-order chi connectivity index (χ1) is 9.28. The van der Waals surface area contributed by atoms with Crippen LogP contribution >= 0.6 is 0 Å². The number of hydrogen-bond donors (Lipinski definition) is 1. The largest absolute Gasteiger partial charge is 0.382 e. The van der Waals surface area contributed by atoms with Crippen LogP contribution in [-0.4, -0.2) is 6.04 Å². The fraction of sp³-hybridized carbons (Fsp3) is 0.667. The lowest BCUT2D eigenvalue weighted by atomic mass is 9.72. The molecule has 3 rings (SSSR count). The lowest BCUT2D eigenvalue weighted by Crippen LogP contribution is -2.41. The van der Waals surface area contributed by atoms with Crippen LogP contribution in [0.5, 0.6) is 0 Å². The van der Waals surface area contributed by atoms with Gasteiger partial charge in [-0.15, -0.1) is 0 Å². The maximum absolute atomic E-state index is 3.86. The topological polar surface area (TPSA) is 12.0 Å². The quantitative estimate of drug-likeness (QED) is 0.796. The van der Waals surface area contributed by atoms with E-state index in [1.165, 1.54) is 49.8 Å². The predicted molar refractivity (Wildman–Crippen MR) is 82.5 cm³/mol. The van der Waals surface area contributed by atoms with Crippen LogP contribution in [0.4, 0.5) is 5.69 Å². The third-order valence-corrected chi connectivity index (χ3v) is 5.40. The summed E-state index contributed by atoms with van der Waals surface area (Å²) >= 11 is 0. The summed E-state index contributed by atoms with van der Waals surface area (Å²) in [5.41, 5.74) is 2.90. The minimum absolute atomic E-state index is 0.698. The van der Waals surface area contributed by atoms with Gasteiger partial charge in [-0.25, -0.2) is 0 Å². The third-order valence-electron chi connectivity index (χ3n) is 5.40. The zero-order valence-corrected chi connectivity index (χ0v) is 12.4. The molecule has 1 aromatic carbocycles. The zero-order chi connectivity index (χ0) is 13.2. The first-order valence-corrected chi connectivity index (χ1v) is 8.12. The fourth-order valence-corrected chi connectivity index (χ4v) is 4.25. The van der Waals surface area contributed by atoms with Crippen molar-refractivity contribution in [3.63, 3.8) is 0 Å². The molecular weight excluding hydrogens is 230 g/mol. The first-order valence-electron chi connectivity index (χ1n) is 8.12. The van der Waals surface area contributed by atoms with Gasteiger partial charge >= 0.3 is 0 Å². The Morgan fingerprint density at radius 2 is 2.05 bits per heavy atom. The van der Waals surface area contributed by atoms with E-state index in [0.29, 0.717) is 6.04 Å². The molecule has 1 fully saturated rings. The van der Waals surface area contributed by atoms with Crippen molar-refractivity contribution in [1.29, 1.82) is 0 Å². The number of fused-ring (bicyclic) bond motifs is 1. The summed E-state index contributed by atoms with van der Waals surface area (Å²) in [5.74, 6) is 2.64. The molecule has 1 aliphatic carbocycles. The van der Waals surface area contributed by atoms with Gasteiger partial charge in [0.25, 0.3) is 0 Å². The van der Waals surface area contributed by atoms with E-state index in [-0.39, 0.29) is 0 Å². The molecule has 19 heavy (non-hydrogen) atoms. The summed E-state index contributed by atoms with van der Waals surface area (Å²) in [5, 5.41) is 3.86. The van der Waals surface area contributed by atoms with Crippen LogP contribution in [0.3, 0.4) is 0 Å². The normalized spacial score (nSPS) is 34.4. The van der Waals surface area contributed by atoms with Crippen molar-refractivity contribution in [2.24, 2.45) is 17.8 Å². The van der Waals surface area contributed by atoms with Gasteiger partial charge in [0.2, 0.25) is 0 Å². The van der Waals surface area contributed by atoms with E-state index in [4.69, 9.17) is 0 Å². The highest BCUT2D eigenvalue weighted by Crippen LogP contribution is 2.39. The second-order valence-corrected chi connectivity index (χ2v) is 6.71. The molecule has 0 spiro atoms. The Balaban J connectivity index is 1.75. The van der Waals surface area contributed by atoms with E-state index in [0.717, 1.165) is 17.8 Å². The standard InChI is InChI=1S/C18H27N/c1-3-14-7-6-9-16(12-14)18-13(2)11-15-8-4-5-10-17(15)19-18/h4-5,8,10,13-14,16,18-19H,3,6-7,9,11-12H2,1-2H3. The highest BCUT2D eigenvalue weighted by molar-refractivity contribution is 5.54. The highest BCUT2D eigenvalue weighted by Gasteiger charge is 2.33. The van der Waals surface area contributed by atoms with Crippen molar-refractivity contribution in [3.8, 4) is 0 Å². The molecule has 4 unspecified atom stereocenters. The van der Waals surface area contributed by atoms with E-state index in [2.05, 4.69) is 43.4 Å². The molecule has 4 atom stereocenters. The monoisotopic (exact) mass is 257 g/mol. The van der Waals surface area contributed by atoms with Gasteiger partial charge in [0, 0.05) is 11.7 Å². The summed E-state index contributed by atoms with van der Waals surface area (Å²) in [4.78, 5) is 0. The maximum atomic E-state index is 3.86. The van der Waals surface area contributed by atoms with Crippen molar-refractivity contribution in [1.82, 2.24) is 0 Å². The van der Waals surface area contributed by atoms with Crippen LogP contribution in [0.15, 0.2) is 24.3 Å². The Morgan fingerprint density at radius 1 is 1.21 bits per heavy atom. The number of anilines is 1. The molecule has 0 aromatic heterocycles. The summed E-state index contributed by atoms with van der Waals surface area (Å²) in [6, 6.07) is 9.57. The molecule has 1 aromatic rings. The van der Waals surface area contributed by atoms with Gasteiger partial charge in [-0.1, -0.05) is 51.3 Å². The Morgan fingerprint density at radius 3 is 2.89 bits per heavy atom. The summed E-state index contributed by atoms with van der Waals surface area (Å²) in [6.07, 6.45) is 8.40. The molecular formula is C18H27N. The van der Waals surface area contributed by atoms with Crippen LogP contribution in [0.25, 0.3) is 0 Å². The van der Waals surface area contributed by atoms with E-state index >= 15 is 0 Å². The number of rotatable bonds is 2. The van der Waals surface area contributed by atoms with Crippen LogP contribution in [0.1, 0.15) is 51.5 Å². The van der Waals surface area contributed by atoms with Gasteiger partial charge in [0.15, 0.2) is 0 Å². The lowest BCUT2D eigenvalue weighted by Gasteiger charge is -2.41. The highest BCUT2D eigenvalue weighted by atomic mass is 15.0. The van der Waals surface area contributed by atoms with Crippen molar-refractivity contribution in [2.75, 3.05) is 5.32 Å². The first kappa shape index (κ1) is 13.0. The predicted octanol–water partition coefficient (Wildman–Crippen LogP) is 4.88. The second kappa shape index (κ2) is 5.56. The van der Waals surface area contributed by atoms with Crippen molar-refractivity contribution in [2.45, 2.75) is 58.4 Å². The molecule has 1 saturated carbocycles. The Hall–Kier alpha value is -0.980. The Kier molecular flexibility index (Phi) is 3.81. The molecule has 1 nitrogen and oxygen atoms in total. The molecule has 0 bridgehead atoms. The maximum Gasteiger partial charge on any atom is 0.0375 e. The van der Waals surface area contributed by atoms with E-state index < -0.39 is 0 Å². The minimum Gasteiger partial charge on any atom is -0.382 e. The molecule has 0 saturated heterocycles. The van der Waals surface area contributed by atoms with Crippen molar-refractivity contribution < 1.29 is 0 Å². The molecule has 0 radical (unpaired) electrons. The van der Waals surface area contributed by atoms with Gasteiger partial charge < -0.3 is 5.32 Å². The average Bonchev–Trinajstić information content (AvgIpc) is 2.46. The molecule has 1 heteroatoms. The van der Waals surface area contributed by atoms with Crippen LogP contribution in [0, 0.1) is 17.8 Å². The van der Waals surface area contributed by atoms with Crippen molar-refractivity contribution in [3.05, 3.63) is 29.8 Å². The third kappa shape index (κ3) is 2.66. The van der Waals surface area contributed by atoms with Gasteiger partial charge in [0.1, 0.15) is 0 Å². The summed E-state index contributed by atoms with van der Waals surface area (Å²) in [7, 11) is 0. The molecule has 1 aliphatic heterocycles. The number of benzene rings is 1. The lowest BCUT2D eigenvalue weighted by molar-refractivity contribution is 0.206. The van der Waals surface area contributed by atoms with E-state index in [9.17, 15) is 0 Å². The SMILES string of the molecule is CCC1CCCC(C2Nc3ccccc3CC2C)C1. The van der Waals surface area contributed by atoms with Gasteiger partial charge in [-0.05, 0) is 48.6 Å². The zero-order valence-electron chi connectivity index (χ0n) is 12.4. The molecule has 2 aliphatic rings. The number of nitrogens with one attached hydrogen (secondary N) is 1. The number of para-hydroxylation sites is 1. The average molecular weight is 257 g/mol. The summed E-state index contributed by atoms with van der Waals surface area (Å²) < 4.78 is 0.